The Hall–Kier alpha value is -1.32. The quantitative estimate of drug-likeness (QED) is 0.908. The summed E-state index contributed by atoms with van der Waals surface area (Å²) in [6.07, 6.45) is 0.829. The SMILES string of the molecule is Cc1nc(CN)n(C)c1Cc1cccc(Cl)c1. The van der Waals surface area contributed by atoms with E-state index in [1.807, 2.05) is 32.2 Å². The highest BCUT2D eigenvalue weighted by Crippen LogP contribution is 2.17. The summed E-state index contributed by atoms with van der Waals surface area (Å²) in [5.41, 5.74) is 9.06. The zero-order chi connectivity index (χ0) is 12.4. The topological polar surface area (TPSA) is 43.8 Å². The first-order valence-electron chi connectivity index (χ1n) is 5.57. The Morgan fingerprint density at radius 3 is 2.76 bits per heavy atom. The fraction of sp³-hybridized carbons (Fsp3) is 0.308. The van der Waals surface area contributed by atoms with Crippen LogP contribution in [0.4, 0.5) is 0 Å². The largest absolute Gasteiger partial charge is 0.333 e. The number of imidazole rings is 1. The van der Waals surface area contributed by atoms with Crippen molar-refractivity contribution in [2.24, 2.45) is 12.8 Å². The number of hydrogen-bond acceptors (Lipinski definition) is 2. The number of benzene rings is 1. The third-order valence-corrected chi connectivity index (χ3v) is 3.18. The van der Waals surface area contributed by atoms with Gasteiger partial charge in [-0.3, -0.25) is 0 Å². The van der Waals surface area contributed by atoms with Crippen LogP contribution in [-0.2, 0) is 20.0 Å². The molecule has 0 spiro atoms. The molecule has 90 valence electrons. The predicted octanol–water partition coefficient (Wildman–Crippen LogP) is 2.43. The van der Waals surface area contributed by atoms with Gasteiger partial charge < -0.3 is 10.3 Å². The van der Waals surface area contributed by atoms with Gasteiger partial charge in [-0.05, 0) is 24.6 Å². The van der Waals surface area contributed by atoms with Gasteiger partial charge in [0, 0.05) is 24.2 Å². The van der Waals surface area contributed by atoms with Crippen LogP contribution in [0.3, 0.4) is 0 Å². The third-order valence-electron chi connectivity index (χ3n) is 2.95. The molecule has 2 aromatic rings. The van der Waals surface area contributed by atoms with E-state index < -0.39 is 0 Å². The summed E-state index contributed by atoms with van der Waals surface area (Å²) in [5.74, 6) is 0.916. The van der Waals surface area contributed by atoms with Crippen molar-refractivity contribution in [3.05, 3.63) is 52.1 Å². The molecule has 0 radical (unpaired) electrons. The standard InChI is InChI=1S/C13H16ClN3/c1-9-12(17(2)13(8-15)16-9)7-10-4-3-5-11(14)6-10/h3-6H,7-8,15H2,1-2H3. The molecule has 0 saturated heterocycles. The molecule has 0 bridgehead atoms. The molecule has 0 unspecified atom stereocenters. The Bertz CT molecular complexity index is 531. The van der Waals surface area contributed by atoms with E-state index in [-0.39, 0.29) is 0 Å². The van der Waals surface area contributed by atoms with Crippen LogP contribution in [0, 0.1) is 6.92 Å². The summed E-state index contributed by atoms with van der Waals surface area (Å²) >= 11 is 5.98. The summed E-state index contributed by atoms with van der Waals surface area (Å²) in [4.78, 5) is 4.45. The van der Waals surface area contributed by atoms with E-state index in [1.54, 1.807) is 0 Å². The molecule has 0 amide bonds. The highest BCUT2D eigenvalue weighted by Gasteiger charge is 2.10. The van der Waals surface area contributed by atoms with Crippen LogP contribution < -0.4 is 5.73 Å². The molecule has 0 aliphatic carbocycles. The van der Waals surface area contributed by atoms with Crippen molar-refractivity contribution in [3.63, 3.8) is 0 Å². The van der Waals surface area contributed by atoms with Crippen molar-refractivity contribution in [2.45, 2.75) is 19.9 Å². The van der Waals surface area contributed by atoms with Gasteiger partial charge in [0.2, 0.25) is 0 Å². The van der Waals surface area contributed by atoms with Crippen LogP contribution in [0.25, 0.3) is 0 Å². The second-order valence-corrected chi connectivity index (χ2v) is 4.57. The zero-order valence-corrected chi connectivity index (χ0v) is 10.8. The maximum atomic E-state index is 5.98. The molecule has 1 heterocycles. The van der Waals surface area contributed by atoms with Crippen LogP contribution in [-0.4, -0.2) is 9.55 Å². The van der Waals surface area contributed by atoms with Gasteiger partial charge in [-0.2, -0.15) is 0 Å². The molecule has 1 aromatic carbocycles. The maximum absolute atomic E-state index is 5.98. The Kier molecular flexibility index (Phi) is 3.50. The number of aryl methyl sites for hydroxylation is 1. The van der Waals surface area contributed by atoms with Gasteiger partial charge in [-0.25, -0.2) is 4.98 Å². The van der Waals surface area contributed by atoms with E-state index >= 15 is 0 Å². The number of halogens is 1. The number of nitrogens with zero attached hydrogens (tertiary/aromatic N) is 2. The Balaban J connectivity index is 2.33. The molecule has 2 N–H and O–H groups in total. The van der Waals surface area contributed by atoms with E-state index in [4.69, 9.17) is 17.3 Å². The lowest BCUT2D eigenvalue weighted by Crippen LogP contribution is -2.07. The smallest absolute Gasteiger partial charge is 0.122 e. The zero-order valence-electron chi connectivity index (χ0n) is 10.1. The van der Waals surface area contributed by atoms with Crippen molar-refractivity contribution in [2.75, 3.05) is 0 Å². The second-order valence-electron chi connectivity index (χ2n) is 4.13. The first-order valence-corrected chi connectivity index (χ1v) is 5.95. The predicted molar refractivity (Wildman–Crippen MR) is 70.1 cm³/mol. The van der Waals surface area contributed by atoms with E-state index in [9.17, 15) is 0 Å². The number of rotatable bonds is 3. The Labute approximate surface area is 106 Å². The highest BCUT2D eigenvalue weighted by atomic mass is 35.5. The van der Waals surface area contributed by atoms with E-state index in [2.05, 4.69) is 15.6 Å². The molecule has 17 heavy (non-hydrogen) atoms. The minimum atomic E-state index is 0.465. The Morgan fingerprint density at radius 1 is 1.41 bits per heavy atom. The fourth-order valence-corrected chi connectivity index (χ4v) is 2.21. The summed E-state index contributed by atoms with van der Waals surface area (Å²) in [6, 6.07) is 7.90. The van der Waals surface area contributed by atoms with Crippen LogP contribution in [0.15, 0.2) is 24.3 Å². The van der Waals surface area contributed by atoms with Gasteiger partial charge in [-0.15, -0.1) is 0 Å². The van der Waals surface area contributed by atoms with E-state index in [1.165, 1.54) is 11.3 Å². The number of nitrogens with two attached hydrogens (primary N) is 1. The van der Waals surface area contributed by atoms with Crippen molar-refractivity contribution in [3.8, 4) is 0 Å². The molecule has 0 fully saturated rings. The summed E-state index contributed by atoms with van der Waals surface area (Å²) < 4.78 is 2.07. The lowest BCUT2D eigenvalue weighted by molar-refractivity contribution is 0.760. The van der Waals surface area contributed by atoms with Gasteiger partial charge >= 0.3 is 0 Å². The monoisotopic (exact) mass is 249 g/mol. The minimum absolute atomic E-state index is 0.465. The lowest BCUT2D eigenvalue weighted by atomic mass is 10.1. The number of hydrogen-bond donors (Lipinski definition) is 1. The highest BCUT2D eigenvalue weighted by molar-refractivity contribution is 6.30. The van der Waals surface area contributed by atoms with E-state index in [0.29, 0.717) is 6.54 Å². The molecular weight excluding hydrogens is 234 g/mol. The van der Waals surface area contributed by atoms with Gasteiger partial charge in [0.1, 0.15) is 5.82 Å². The first-order chi connectivity index (χ1) is 8.11. The molecule has 0 aliphatic heterocycles. The molecule has 0 saturated carbocycles. The molecule has 1 aromatic heterocycles. The third kappa shape index (κ3) is 2.51. The molecule has 3 nitrogen and oxygen atoms in total. The number of aromatic nitrogens is 2. The lowest BCUT2D eigenvalue weighted by Gasteiger charge is -2.06. The van der Waals surface area contributed by atoms with Gasteiger partial charge in [0.15, 0.2) is 0 Å². The van der Waals surface area contributed by atoms with Crippen LogP contribution >= 0.6 is 11.6 Å². The summed E-state index contributed by atoms with van der Waals surface area (Å²) in [6.45, 7) is 2.48. The second kappa shape index (κ2) is 4.90. The van der Waals surface area contributed by atoms with Crippen LogP contribution in [0.1, 0.15) is 22.8 Å². The molecule has 2 rings (SSSR count). The molecule has 0 atom stereocenters. The summed E-state index contributed by atoms with van der Waals surface area (Å²) in [7, 11) is 2.00. The minimum Gasteiger partial charge on any atom is -0.333 e. The fourth-order valence-electron chi connectivity index (χ4n) is 2.00. The van der Waals surface area contributed by atoms with E-state index in [0.717, 1.165) is 23.0 Å². The maximum Gasteiger partial charge on any atom is 0.122 e. The summed E-state index contributed by atoms with van der Waals surface area (Å²) in [5, 5.41) is 0.765. The average Bonchev–Trinajstić information content (AvgIpc) is 2.56. The average molecular weight is 250 g/mol. The molecular formula is C13H16ClN3. The Morgan fingerprint density at radius 2 is 2.18 bits per heavy atom. The van der Waals surface area contributed by atoms with Gasteiger partial charge in [0.05, 0.1) is 12.2 Å². The van der Waals surface area contributed by atoms with Gasteiger partial charge in [-0.1, -0.05) is 23.7 Å². The van der Waals surface area contributed by atoms with Gasteiger partial charge in [0.25, 0.3) is 0 Å². The van der Waals surface area contributed by atoms with Crippen molar-refractivity contribution >= 4 is 11.6 Å². The van der Waals surface area contributed by atoms with Crippen LogP contribution in [0.5, 0.6) is 0 Å². The normalized spacial score (nSPS) is 10.8. The molecule has 0 aliphatic rings. The van der Waals surface area contributed by atoms with Crippen LogP contribution in [0.2, 0.25) is 5.02 Å². The van der Waals surface area contributed by atoms with Crippen molar-refractivity contribution in [1.29, 1.82) is 0 Å². The first kappa shape index (κ1) is 12.1. The molecule has 4 heteroatoms. The van der Waals surface area contributed by atoms with Crippen molar-refractivity contribution < 1.29 is 0 Å². The van der Waals surface area contributed by atoms with Crippen molar-refractivity contribution in [1.82, 2.24) is 9.55 Å².